The molecule has 114 valence electrons. The normalized spacial score (nSPS) is 12.1. The molecule has 3 heterocycles. The summed E-state index contributed by atoms with van der Waals surface area (Å²) in [4.78, 5) is 13.7. The van der Waals surface area contributed by atoms with E-state index in [0.29, 0.717) is 11.4 Å². The third kappa shape index (κ3) is 2.90. The standard InChI is InChI=1S/C15H15N3O2S2/c1-18-8-11(15(17-18)20-2)14(19)16-13(10-5-7-21-9-10)12-4-3-6-22-12/h3-9,13H,1-2H3,(H,16,19). The summed E-state index contributed by atoms with van der Waals surface area (Å²) >= 11 is 3.23. The molecule has 3 aromatic heterocycles. The molecule has 1 amide bonds. The Morgan fingerprint density at radius 1 is 1.41 bits per heavy atom. The molecule has 0 bridgehead atoms. The van der Waals surface area contributed by atoms with E-state index in [2.05, 4.69) is 10.4 Å². The molecular formula is C15H15N3O2S2. The highest BCUT2D eigenvalue weighted by Crippen LogP contribution is 2.28. The minimum atomic E-state index is -0.199. The Hall–Kier alpha value is -2.12. The van der Waals surface area contributed by atoms with Gasteiger partial charge in [0.05, 0.1) is 13.2 Å². The van der Waals surface area contributed by atoms with Gasteiger partial charge in [-0.15, -0.1) is 16.4 Å². The van der Waals surface area contributed by atoms with Gasteiger partial charge in [0.2, 0.25) is 5.88 Å². The van der Waals surface area contributed by atoms with Gasteiger partial charge in [0.1, 0.15) is 5.56 Å². The molecule has 3 rings (SSSR count). The lowest BCUT2D eigenvalue weighted by Gasteiger charge is -2.16. The van der Waals surface area contributed by atoms with Crippen LogP contribution in [0.1, 0.15) is 26.8 Å². The fraction of sp³-hybridized carbons (Fsp3) is 0.200. The molecule has 7 heteroatoms. The monoisotopic (exact) mass is 333 g/mol. The maximum absolute atomic E-state index is 12.6. The number of nitrogens with one attached hydrogen (secondary N) is 1. The van der Waals surface area contributed by atoms with Gasteiger partial charge in [-0.1, -0.05) is 6.07 Å². The third-order valence-electron chi connectivity index (χ3n) is 3.21. The molecule has 1 N–H and O–H groups in total. The minimum Gasteiger partial charge on any atom is -0.479 e. The highest BCUT2D eigenvalue weighted by molar-refractivity contribution is 7.10. The summed E-state index contributed by atoms with van der Waals surface area (Å²) in [5.41, 5.74) is 1.51. The Kier molecular flexibility index (Phi) is 4.26. The average molecular weight is 333 g/mol. The average Bonchev–Trinajstić information content (AvgIpc) is 3.25. The van der Waals surface area contributed by atoms with Gasteiger partial charge in [-0.2, -0.15) is 11.3 Å². The third-order valence-corrected chi connectivity index (χ3v) is 4.85. The molecule has 0 aliphatic heterocycles. The molecule has 0 spiro atoms. The summed E-state index contributed by atoms with van der Waals surface area (Å²) in [5, 5.41) is 13.3. The molecule has 3 aromatic rings. The molecule has 0 aliphatic carbocycles. The van der Waals surface area contributed by atoms with Crippen molar-refractivity contribution in [2.75, 3.05) is 7.11 Å². The van der Waals surface area contributed by atoms with Crippen molar-refractivity contribution in [3.8, 4) is 5.88 Å². The van der Waals surface area contributed by atoms with Crippen LogP contribution in [-0.2, 0) is 7.05 Å². The van der Waals surface area contributed by atoms with Gasteiger partial charge in [0, 0.05) is 18.1 Å². The summed E-state index contributed by atoms with van der Waals surface area (Å²) in [5.74, 6) is 0.129. The Bertz CT molecular complexity index is 714. The van der Waals surface area contributed by atoms with Gasteiger partial charge in [0.25, 0.3) is 5.91 Å². The molecule has 0 aliphatic rings. The molecule has 0 saturated carbocycles. The number of thiophene rings is 2. The van der Waals surface area contributed by atoms with Crippen molar-refractivity contribution in [2.45, 2.75) is 6.04 Å². The summed E-state index contributed by atoms with van der Waals surface area (Å²) in [6, 6.07) is 5.86. The van der Waals surface area contributed by atoms with Crippen molar-refractivity contribution in [1.29, 1.82) is 0 Å². The van der Waals surface area contributed by atoms with Gasteiger partial charge in [0.15, 0.2) is 0 Å². The van der Waals surface area contributed by atoms with Crippen molar-refractivity contribution in [3.63, 3.8) is 0 Å². The predicted molar refractivity (Wildman–Crippen MR) is 87.7 cm³/mol. The van der Waals surface area contributed by atoms with E-state index in [1.165, 1.54) is 7.11 Å². The lowest BCUT2D eigenvalue weighted by molar-refractivity contribution is 0.0940. The van der Waals surface area contributed by atoms with Gasteiger partial charge in [-0.05, 0) is 33.8 Å². The molecule has 5 nitrogen and oxygen atoms in total. The number of nitrogens with zero attached hydrogens (tertiary/aromatic N) is 2. The van der Waals surface area contributed by atoms with Crippen molar-refractivity contribution in [2.24, 2.45) is 7.05 Å². The number of aromatic nitrogens is 2. The Morgan fingerprint density at radius 3 is 2.91 bits per heavy atom. The van der Waals surface area contributed by atoms with Crippen LogP contribution in [0.25, 0.3) is 0 Å². The zero-order valence-electron chi connectivity index (χ0n) is 12.1. The van der Waals surface area contributed by atoms with Gasteiger partial charge < -0.3 is 10.1 Å². The summed E-state index contributed by atoms with van der Waals surface area (Å²) in [6.07, 6.45) is 1.66. The van der Waals surface area contributed by atoms with Crippen molar-refractivity contribution in [1.82, 2.24) is 15.1 Å². The van der Waals surface area contributed by atoms with Gasteiger partial charge >= 0.3 is 0 Å². The fourth-order valence-electron chi connectivity index (χ4n) is 2.20. The zero-order valence-corrected chi connectivity index (χ0v) is 13.8. The summed E-state index contributed by atoms with van der Waals surface area (Å²) < 4.78 is 6.73. The highest BCUT2D eigenvalue weighted by Gasteiger charge is 2.22. The van der Waals surface area contributed by atoms with Crippen LogP contribution in [0.15, 0.2) is 40.5 Å². The van der Waals surface area contributed by atoms with Crippen molar-refractivity contribution >= 4 is 28.6 Å². The van der Waals surface area contributed by atoms with Crippen LogP contribution in [-0.4, -0.2) is 22.8 Å². The van der Waals surface area contributed by atoms with Crippen LogP contribution in [0.5, 0.6) is 5.88 Å². The maximum atomic E-state index is 12.6. The predicted octanol–water partition coefficient (Wildman–Crippen LogP) is 3.07. The first-order chi connectivity index (χ1) is 10.7. The lowest BCUT2D eigenvalue weighted by Crippen LogP contribution is -2.28. The van der Waals surface area contributed by atoms with Crippen LogP contribution in [0.4, 0.5) is 0 Å². The van der Waals surface area contributed by atoms with Crippen molar-refractivity contribution < 1.29 is 9.53 Å². The number of rotatable bonds is 5. The van der Waals surface area contributed by atoms with Gasteiger partial charge in [-0.3, -0.25) is 9.48 Å². The van der Waals surface area contributed by atoms with Crippen LogP contribution >= 0.6 is 22.7 Å². The highest BCUT2D eigenvalue weighted by atomic mass is 32.1. The molecule has 0 saturated heterocycles. The van der Waals surface area contributed by atoms with Crippen LogP contribution in [0.3, 0.4) is 0 Å². The number of hydrogen-bond acceptors (Lipinski definition) is 5. The van der Waals surface area contributed by atoms with E-state index < -0.39 is 0 Å². The van der Waals surface area contributed by atoms with E-state index in [1.54, 1.807) is 40.6 Å². The molecule has 0 fully saturated rings. The number of hydrogen-bond donors (Lipinski definition) is 1. The quantitative estimate of drug-likeness (QED) is 0.781. The van der Waals surface area contributed by atoms with E-state index in [9.17, 15) is 4.79 Å². The molecule has 0 radical (unpaired) electrons. The van der Waals surface area contributed by atoms with Crippen LogP contribution in [0, 0.1) is 0 Å². The largest absolute Gasteiger partial charge is 0.479 e. The SMILES string of the molecule is COc1nn(C)cc1C(=O)NC(c1ccsc1)c1cccs1. The van der Waals surface area contributed by atoms with E-state index in [-0.39, 0.29) is 11.9 Å². The van der Waals surface area contributed by atoms with E-state index in [0.717, 1.165) is 10.4 Å². The topological polar surface area (TPSA) is 56.2 Å². The summed E-state index contributed by atoms with van der Waals surface area (Å²) in [6.45, 7) is 0. The number of ether oxygens (including phenoxy) is 1. The summed E-state index contributed by atoms with van der Waals surface area (Å²) in [7, 11) is 3.27. The zero-order chi connectivity index (χ0) is 15.5. The molecule has 0 aromatic carbocycles. The smallest absolute Gasteiger partial charge is 0.259 e. The Labute approximate surface area is 136 Å². The number of amides is 1. The first kappa shape index (κ1) is 14.8. The number of aryl methyl sites for hydroxylation is 1. The van der Waals surface area contributed by atoms with E-state index in [4.69, 9.17) is 4.74 Å². The second-order valence-electron chi connectivity index (χ2n) is 4.70. The second-order valence-corrected chi connectivity index (χ2v) is 6.46. The fourth-order valence-corrected chi connectivity index (χ4v) is 3.69. The molecule has 1 atom stereocenters. The second kappa shape index (κ2) is 6.33. The van der Waals surface area contributed by atoms with Crippen LogP contribution < -0.4 is 10.1 Å². The Balaban J connectivity index is 1.89. The molecule has 1 unspecified atom stereocenters. The van der Waals surface area contributed by atoms with E-state index >= 15 is 0 Å². The molecule has 22 heavy (non-hydrogen) atoms. The number of carbonyl (C=O) groups is 1. The number of methoxy groups -OCH3 is 1. The first-order valence-corrected chi connectivity index (χ1v) is 8.45. The first-order valence-electron chi connectivity index (χ1n) is 6.63. The van der Waals surface area contributed by atoms with E-state index in [1.807, 2.05) is 34.3 Å². The van der Waals surface area contributed by atoms with Crippen LogP contribution in [0.2, 0.25) is 0 Å². The lowest BCUT2D eigenvalue weighted by atomic mass is 10.1. The van der Waals surface area contributed by atoms with Crippen molar-refractivity contribution in [3.05, 3.63) is 56.5 Å². The Morgan fingerprint density at radius 2 is 2.27 bits per heavy atom. The molecular weight excluding hydrogens is 318 g/mol. The number of carbonyl (C=O) groups excluding carboxylic acids is 1. The maximum Gasteiger partial charge on any atom is 0.259 e. The van der Waals surface area contributed by atoms with Gasteiger partial charge in [-0.25, -0.2) is 0 Å². The minimum absolute atomic E-state index is 0.163.